The largest absolute Gasteiger partial charge is 0.368 e. The first-order valence-electron chi connectivity index (χ1n) is 7.21. The lowest BCUT2D eigenvalue weighted by atomic mass is 9.95. The fraction of sp³-hybridized carbons (Fsp3) is 0.467. The minimum Gasteiger partial charge on any atom is -0.368 e. The lowest BCUT2D eigenvalue weighted by Crippen LogP contribution is -2.16. The molecule has 0 aliphatic heterocycles. The van der Waals surface area contributed by atoms with Gasteiger partial charge in [-0.3, -0.25) is 4.57 Å². The molecule has 0 atom stereocenters. The molecule has 2 aromatic rings. The van der Waals surface area contributed by atoms with Crippen LogP contribution in [0.2, 0.25) is 0 Å². The van der Waals surface area contributed by atoms with Gasteiger partial charge < -0.3 is 5.73 Å². The van der Waals surface area contributed by atoms with E-state index < -0.39 is 0 Å². The van der Waals surface area contributed by atoms with Gasteiger partial charge in [0.05, 0.1) is 0 Å². The standard InChI is InChI=1S/C15H20N4S/c16-14-17-18-15(19(14)13-9-5-2-6-10-13)20-11-12-7-3-1-4-8-12/h1,3-4,7-8,13H,2,5-6,9-11H2,(H2,16,17). The van der Waals surface area contributed by atoms with E-state index in [1.807, 2.05) is 6.07 Å². The van der Waals surface area contributed by atoms with Gasteiger partial charge in [-0.1, -0.05) is 61.4 Å². The highest BCUT2D eigenvalue weighted by molar-refractivity contribution is 7.98. The molecule has 0 radical (unpaired) electrons. The lowest BCUT2D eigenvalue weighted by molar-refractivity contribution is 0.340. The Bertz CT molecular complexity index is 546. The van der Waals surface area contributed by atoms with E-state index in [0.29, 0.717) is 12.0 Å². The molecule has 3 rings (SSSR count). The summed E-state index contributed by atoms with van der Waals surface area (Å²) in [6.07, 6.45) is 6.30. The van der Waals surface area contributed by atoms with Crippen molar-refractivity contribution in [2.75, 3.05) is 5.73 Å². The molecule has 1 aliphatic carbocycles. The third kappa shape index (κ3) is 2.98. The van der Waals surface area contributed by atoms with Crippen molar-refractivity contribution >= 4 is 17.7 Å². The molecule has 0 amide bonds. The van der Waals surface area contributed by atoms with E-state index in [-0.39, 0.29) is 0 Å². The molecule has 5 heteroatoms. The Balaban J connectivity index is 1.73. The predicted molar refractivity (Wildman–Crippen MR) is 82.6 cm³/mol. The zero-order valence-corrected chi connectivity index (χ0v) is 12.4. The van der Waals surface area contributed by atoms with Crippen LogP contribution in [0.15, 0.2) is 35.5 Å². The highest BCUT2D eigenvalue weighted by Gasteiger charge is 2.21. The van der Waals surface area contributed by atoms with Crippen molar-refractivity contribution in [2.45, 2.75) is 49.1 Å². The Labute approximate surface area is 123 Å². The molecule has 1 aromatic carbocycles. The molecule has 106 valence electrons. The maximum absolute atomic E-state index is 6.02. The van der Waals surface area contributed by atoms with Gasteiger partial charge in [0.1, 0.15) is 0 Å². The van der Waals surface area contributed by atoms with E-state index in [4.69, 9.17) is 5.73 Å². The summed E-state index contributed by atoms with van der Waals surface area (Å²) in [7, 11) is 0. The quantitative estimate of drug-likeness (QED) is 0.872. The van der Waals surface area contributed by atoms with Crippen LogP contribution in [0.3, 0.4) is 0 Å². The van der Waals surface area contributed by atoms with Crippen molar-refractivity contribution in [3.05, 3.63) is 35.9 Å². The maximum Gasteiger partial charge on any atom is 0.222 e. The Kier molecular flexibility index (Phi) is 4.25. The molecule has 0 spiro atoms. The monoisotopic (exact) mass is 288 g/mol. The molecule has 1 fully saturated rings. The highest BCUT2D eigenvalue weighted by atomic mass is 32.2. The summed E-state index contributed by atoms with van der Waals surface area (Å²) in [6.45, 7) is 0. The number of nitrogens with two attached hydrogens (primary N) is 1. The SMILES string of the molecule is Nc1nnc(SCc2ccccc2)n1C1CCCCC1. The molecule has 1 aromatic heterocycles. The summed E-state index contributed by atoms with van der Waals surface area (Å²) in [5, 5.41) is 9.29. The third-order valence-electron chi connectivity index (χ3n) is 3.84. The van der Waals surface area contributed by atoms with Crippen LogP contribution in [-0.4, -0.2) is 14.8 Å². The maximum atomic E-state index is 6.02. The zero-order chi connectivity index (χ0) is 13.8. The fourth-order valence-electron chi connectivity index (χ4n) is 2.79. The van der Waals surface area contributed by atoms with Gasteiger partial charge in [0.2, 0.25) is 5.95 Å². The molecule has 1 aliphatic rings. The molecular formula is C15H20N4S. The number of nitrogens with zero attached hydrogens (tertiary/aromatic N) is 3. The summed E-state index contributed by atoms with van der Waals surface area (Å²) < 4.78 is 2.15. The summed E-state index contributed by atoms with van der Waals surface area (Å²) in [6, 6.07) is 10.9. The highest BCUT2D eigenvalue weighted by Crippen LogP contribution is 2.34. The van der Waals surface area contributed by atoms with Crippen molar-refractivity contribution < 1.29 is 0 Å². The lowest BCUT2D eigenvalue weighted by Gasteiger charge is -2.24. The summed E-state index contributed by atoms with van der Waals surface area (Å²) >= 11 is 1.72. The van der Waals surface area contributed by atoms with Gasteiger partial charge in [-0.05, 0) is 18.4 Å². The van der Waals surface area contributed by atoms with Crippen LogP contribution in [-0.2, 0) is 5.75 Å². The molecule has 0 bridgehead atoms. The Morgan fingerprint density at radius 2 is 1.85 bits per heavy atom. The second-order valence-corrected chi connectivity index (χ2v) is 6.22. The van der Waals surface area contributed by atoms with Crippen LogP contribution in [0.1, 0.15) is 43.7 Å². The number of benzene rings is 1. The molecule has 4 nitrogen and oxygen atoms in total. The molecule has 0 saturated heterocycles. The third-order valence-corrected chi connectivity index (χ3v) is 4.86. The molecule has 1 heterocycles. The average molecular weight is 288 g/mol. The molecule has 1 saturated carbocycles. The number of aromatic nitrogens is 3. The normalized spacial score (nSPS) is 16.4. The van der Waals surface area contributed by atoms with Crippen molar-refractivity contribution in [2.24, 2.45) is 0 Å². The number of rotatable bonds is 4. The minimum absolute atomic E-state index is 0.483. The van der Waals surface area contributed by atoms with Crippen LogP contribution in [0.25, 0.3) is 0 Å². The average Bonchev–Trinajstić information content (AvgIpc) is 2.88. The van der Waals surface area contributed by atoms with Gasteiger partial charge in [0.25, 0.3) is 0 Å². The number of anilines is 1. The first-order chi connectivity index (χ1) is 9.84. The van der Waals surface area contributed by atoms with Crippen LogP contribution >= 0.6 is 11.8 Å². The predicted octanol–water partition coefficient (Wildman–Crippen LogP) is 3.66. The molecular weight excluding hydrogens is 268 g/mol. The Hall–Kier alpha value is -1.49. The van der Waals surface area contributed by atoms with Crippen molar-refractivity contribution in [1.82, 2.24) is 14.8 Å². The number of thioether (sulfide) groups is 1. The van der Waals surface area contributed by atoms with E-state index in [1.54, 1.807) is 11.8 Å². The van der Waals surface area contributed by atoms with Gasteiger partial charge in [-0.15, -0.1) is 10.2 Å². The van der Waals surface area contributed by atoms with Gasteiger partial charge in [-0.25, -0.2) is 0 Å². The molecule has 2 N–H and O–H groups in total. The van der Waals surface area contributed by atoms with Crippen molar-refractivity contribution in [3.8, 4) is 0 Å². The van der Waals surface area contributed by atoms with E-state index in [2.05, 4.69) is 39.0 Å². The molecule has 0 unspecified atom stereocenters. The number of hydrogen-bond donors (Lipinski definition) is 1. The summed E-state index contributed by atoms with van der Waals surface area (Å²) in [4.78, 5) is 0. The van der Waals surface area contributed by atoms with Gasteiger partial charge in [0, 0.05) is 11.8 Å². The van der Waals surface area contributed by atoms with Crippen LogP contribution < -0.4 is 5.73 Å². The van der Waals surface area contributed by atoms with Gasteiger partial charge >= 0.3 is 0 Å². The number of hydrogen-bond acceptors (Lipinski definition) is 4. The fourth-order valence-corrected chi connectivity index (χ4v) is 3.76. The van der Waals surface area contributed by atoms with Crippen molar-refractivity contribution in [3.63, 3.8) is 0 Å². The van der Waals surface area contributed by atoms with E-state index >= 15 is 0 Å². The van der Waals surface area contributed by atoms with Crippen LogP contribution in [0, 0.1) is 0 Å². The van der Waals surface area contributed by atoms with Crippen LogP contribution in [0.4, 0.5) is 5.95 Å². The molecule has 20 heavy (non-hydrogen) atoms. The van der Waals surface area contributed by atoms with Gasteiger partial charge in [0.15, 0.2) is 5.16 Å². The second kappa shape index (κ2) is 6.31. The first kappa shape index (κ1) is 13.5. The number of nitrogen functional groups attached to an aromatic ring is 1. The van der Waals surface area contributed by atoms with Crippen molar-refractivity contribution in [1.29, 1.82) is 0 Å². The smallest absolute Gasteiger partial charge is 0.222 e. The van der Waals surface area contributed by atoms with E-state index in [1.165, 1.54) is 37.7 Å². The minimum atomic E-state index is 0.483. The zero-order valence-electron chi connectivity index (χ0n) is 11.5. The second-order valence-electron chi connectivity index (χ2n) is 5.28. The summed E-state index contributed by atoms with van der Waals surface area (Å²) in [5.74, 6) is 1.47. The summed E-state index contributed by atoms with van der Waals surface area (Å²) in [5.41, 5.74) is 7.32. The van der Waals surface area contributed by atoms with Crippen LogP contribution in [0.5, 0.6) is 0 Å². The Morgan fingerprint density at radius 3 is 2.60 bits per heavy atom. The first-order valence-corrected chi connectivity index (χ1v) is 8.20. The van der Waals surface area contributed by atoms with E-state index in [0.717, 1.165) is 10.9 Å². The van der Waals surface area contributed by atoms with Gasteiger partial charge in [-0.2, -0.15) is 0 Å². The van der Waals surface area contributed by atoms with E-state index in [9.17, 15) is 0 Å². The topological polar surface area (TPSA) is 56.7 Å². The Morgan fingerprint density at radius 1 is 1.10 bits per heavy atom.